The van der Waals surface area contributed by atoms with Gasteiger partial charge in [-0.15, -0.1) is 0 Å². The molecule has 0 aliphatic carbocycles. The summed E-state index contributed by atoms with van der Waals surface area (Å²) in [5.74, 6) is 0.702. The lowest BCUT2D eigenvalue weighted by atomic mass is 9.95. The maximum Gasteiger partial charge on any atom is 0.0640 e. The Labute approximate surface area is 99.2 Å². The largest absolute Gasteiger partial charge is 0.313 e. The van der Waals surface area contributed by atoms with E-state index in [2.05, 4.69) is 37.3 Å². The maximum absolute atomic E-state index is 4.45. The van der Waals surface area contributed by atoms with Crippen molar-refractivity contribution in [2.45, 2.75) is 46.1 Å². The predicted octanol–water partition coefficient (Wildman–Crippen LogP) is 2.38. The van der Waals surface area contributed by atoms with Gasteiger partial charge in [-0.3, -0.25) is 4.68 Å². The standard InChI is InChI=1S/C13H25N3/c1-5-8-14-13(11(3)6-2)10-12-7-9-16(4)15-12/h7,9,11,13-14H,5-6,8,10H2,1-4H3. The smallest absolute Gasteiger partial charge is 0.0640 e. The van der Waals surface area contributed by atoms with Gasteiger partial charge in [0, 0.05) is 25.7 Å². The van der Waals surface area contributed by atoms with Gasteiger partial charge in [-0.2, -0.15) is 5.10 Å². The van der Waals surface area contributed by atoms with Gasteiger partial charge in [-0.1, -0.05) is 27.2 Å². The Hall–Kier alpha value is -0.830. The molecule has 1 aromatic heterocycles. The lowest BCUT2D eigenvalue weighted by molar-refractivity contribution is 0.362. The zero-order valence-electron chi connectivity index (χ0n) is 11.0. The molecule has 1 aromatic rings. The molecule has 0 fully saturated rings. The summed E-state index contributed by atoms with van der Waals surface area (Å²) in [5.41, 5.74) is 1.19. The van der Waals surface area contributed by atoms with E-state index >= 15 is 0 Å². The molecule has 2 unspecified atom stereocenters. The van der Waals surface area contributed by atoms with Gasteiger partial charge < -0.3 is 5.32 Å². The summed E-state index contributed by atoms with van der Waals surface area (Å²) >= 11 is 0. The van der Waals surface area contributed by atoms with Gasteiger partial charge in [0.25, 0.3) is 0 Å². The van der Waals surface area contributed by atoms with E-state index in [-0.39, 0.29) is 0 Å². The Morgan fingerprint density at radius 3 is 2.69 bits per heavy atom. The minimum Gasteiger partial charge on any atom is -0.313 e. The highest BCUT2D eigenvalue weighted by atomic mass is 15.2. The Bertz CT molecular complexity index is 293. The van der Waals surface area contributed by atoms with Crippen LogP contribution in [-0.2, 0) is 13.5 Å². The van der Waals surface area contributed by atoms with Crippen LogP contribution >= 0.6 is 0 Å². The molecule has 3 nitrogen and oxygen atoms in total. The quantitative estimate of drug-likeness (QED) is 0.769. The monoisotopic (exact) mass is 223 g/mol. The van der Waals surface area contributed by atoms with Crippen LogP contribution in [0.2, 0.25) is 0 Å². The van der Waals surface area contributed by atoms with Crippen molar-refractivity contribution < 1.29 is 0 Å². The molecular formula is C13H25N3. The molecule has 1 N–H and O–H groups in total. The van der Waals surface area contributed by atoms with Crippen molar-refractivity contribution in [2.24, 2.45) is 13.0 Å². The van der Waals surface area contributed by atoms with Crippen LogP contribution in [0.15, 0.2) is 12.3 Å². The molecule has 0 radical (unpaired) electrons. The Morgan fingerprint density at radius 2 is 2.19 bits per heavy atom. The summed E-state index contributed by atoms with van der Waals surface area (Å²) in [7, 11) is 1.97. The second-order valence-corrected chi connectivity index (χ2v) is 4.63. The van der Waals surface area contributed by atoms with Gasteiger partial charge in [0.1, 0.15) is 0 Å². The minimum atomic E-state index is 0.555. The lowest BCUT2D eigenvalue weighted by Crippen LogP contribution is -2.37. The SMILES string of the molecule is CCCNC(Cc1ccn(C)n1)C(C)CC. The number of hydrogen-bond donors (Lipinski definition) is 1. The van der Waals surface area contributed by atoms with E-state index in [1.54, 1.807) is 0 Å². The van der Waals surface area contributed by atoms with Crippen LogP contribution in [0.4, 0.5) is 0 Å². The lowest BCUT2D eigenvalue weighted by Gasteiger charge is -2.23. The fourth-order valence-corrected chi connectivity index (χ4v) is 1.89. The van der Waals surface area contributed by atoms with Gasteiger partial charge in [-0.05, 0) is 24.9 Å². The predicted molar refractivity (Wildman–Crippen MR) is 68.4 cm³/mol. The zero-order chi connectivity index (χ0) is 12.0. The number of nitrogens with zero attached hydrogens (tertiary/aromatic N) is 2. The molecule has 92 valence electrons. The highest BCUT2D eigenvalue weighted by Crippen LogP contribution is 2.12. The van der Waals surface area contributed by atoms with E-state index in [1.165, 1.54) is 18.5 Å². The molecule has 0 saturated carbocycles. The summed E-state index contributed by atoms with van der Waals surface area (Å²) in [6.07, 6.45) is 5.46. The van der Waals surface area contributed by atoms with Gasteiger partial charge in [0.15, 0.2) is 0 Å². The van der Waals surface area contributed by atoms with E-state index in [9.17, 15) is 0 Å². The molecule has 0 aliphatic rings. The maximum atomic E-state index is 4.45. The van der Waals surface area contributed by atoms with Crippen molar-refractivity contribution in [1.82, 2.24) is 15.1 Å². The van der Waals surface area contributed by atoms with Crippen LogP contribution in [-0.4, -0.2) is 22.4 Å². The first-order chi connectivity index (χ1) is 7.67. The summed E-state index contributed by atoms with van der Waals surface area (Å²) in [5, 5.41) is 8.08. The summed E-state index contributed by atoms with van der Waals surface area (Å²) in [6, 6.07) is 2.67. The van der Waals surface area contributed by atoms with E-state index in [0.717, 1.165) is 13.0 Å². The normalized spacial score (nSPS) is 15.0. The van der Waals surface area contributed by atoms with Gasteiger partial charge in [0.2, 0.25) is 0 Å². The highest BCUT2D eigenvalue weighted by Gasteiger charge is 2.16. The first kappa shape index (κ1) is 13.2. The van der Waals surface area contributed by atoms with Crippen LogP contribution in [0.25, 0.3) is 0 Å². The summed E-state index contributed by atoms with van der Waals surface area (Å²) in [6.45, 7) is 7.88. The van der Waals surface area contributed by atoms with Crippen LogP contribution in [0.5, 0.6) is 0 Å². The second kappa shape index (κ2) is 6.69. The van der Waals surface area contributed by atoms with Crippen LogP contribution in [0.1, 0.15) is 39.3 Å². The fourth-order valence-electron chi connectivity index (χ4n) is 1.89. The first-order valence-electron chi connectivity index (χ1n) is 6.39. The second-order valence-electron chi connectivity index (χ2n) is 4.63. The molecule has 3 heteroatoms. The zero-order valence-corrected chi connectivity index (χ0v) is 11.0. The number of aromatic nitrogens is 2. The Morgan fingerprint density at radius 1 is 1.44 bits per heavy atom. The molecule has 1 heterocycles. The molecule has 0 spiro atoms. The molecule has 1 rings (SSSR count). The Balaban J connectivity index is 2.55. The van der Waals surface area contributed by atoms with E-state index in [0.29, 0.717) is 12.0 Å². The average Bonchev–Trinajstić information content (AvgIpc) is 2.69. The van der Waals surface area contributed by atoms with Crippen LogP contribution < -0.4 is 5.32 Å². The fraction of sp³-hybridized carbons (Fsp3) is 0.769. The molecular weight excluding hydrogens is 198 g/mol. The van der Waals surface area contributed by atoms with Crippen molar-refractivity contribution in [3.8, 4) is 0 Å². The third-order valence-corrected chi connectivity index (χ3v) is 3.19. The van der Waals surface area contributed by atoms with Crippen molar-refractivity contribution >= 4 is 0 Å². The van der Waals surface area contributed by atoms with Gasteiger partial charge in [-0.25, -0.2) is 0 Å². The molecule has 0 amide bonds. The topological polar surface area (TPSA) is 29.9 Å². The minimum absolute atomic E-state index is 0.555. The third kappa shape index (κ3) is 3.97. The number of nitrogens with one attached hydrogen (secondary N) is 1. The molecule has 0 saturated heterocycles. The third-order valence-electron chi connectivity index (χ3n) is 3.19. The summed E-state index contributed by atoms with van der Waals surface area (Å²) < 4.78 is 1.88. The molecule has 0 aliphatic heterocycles. The van der Waals surface area contributed by atoms with Crippen molar-refractivity contribution in [2.75, 3.05) is 6.54 Å². The highest BCUT2D eigenvalue weighted by molar-refractivity contribution is 5.01. The van der Waals surface area contributed by atoms with E-state index in [4.69, 9.17) is 0 Å². The van der Waals surface area contributed by atoms with E-state index in [1.807, 2.05) is 17.9 Å². The molecule has 16 heavy (non-hydrogen) atoms. The summed E-state index contributed by atoms with van der Waals surface area (Å²) in [4.78, 5) is 0. The molecule has 0 aromatic carbocycles. The molecule has 0 bridgehead atoms. The number of rotatable bonds is 7. The van der Waals surface area contributed by atoms with Gasteiger partial charge in [0.05, 0.1) is 5.69 Å². The van der Waals surface area contributed by atoms with Crippen molar-refractivity contribution in [1.29, 1.82) is 0 Å². The average molecular weight is 223 g/mol. The van der Waals surface area contributed by atoms with E-state index < -0.39 is 0 Å². The van der Waals surface area contributed by atoms with Crippen LogP contribution in [0.3, 0.4) is 0 Å². The van der Waals surface area contributed by atoms with Gasteiger partial charge >= 0.3 is 0 Å². The Kier molecular flexibility index (Phi) is 5.53. The first-order valence-corrected chi connectivity index (χ1v) is 6.39. The van der Waals surface area contributed by atoms with Crippen molar-refractivity contribution in [3.63, 3.8) is 0 Å². The molecule has 2 atom stereocenters. The van der Waals surface area contributed by atoms with Crippen molar-refractivity contribution in [3.05, 3.63) is 18.0 Å². The van der Waals surface area contributed by atoms with Crippen LogP contribution in [0, 0.1) is 5.92 Å². The number of hydrogen-bond acceptors (Lipinski definition) is 2. The number of aryl methyl sites for hydroxylation is 1.